The molecule has 1 aromatic carbocycles. The summed E-state index contributed by atoms with van der Waals surface area (Å²) in [6, 6.07) is 9.40. The number of Topliss-reactive ketones (excluding diaryl/α,β-unsaturated/α-hetero) is 3. The summed E-state index contributed by atoms with van der Waals surface area (Å²) in [7, 11) is 1.27. The number of fused-ring (bicyclic) bond motifs is 1. The molecule has 1 saturated carbocycles. The molecule has 1 spiro atoms. The first kappa shape index (κ1) is 20.5. The highest BCUT2D eigenvalue weighted by atomic mass is 16.5. The van der Waals surface area contributed by atoms with Crippen LogP contribution in [0, 0.1) is 22.7 Å². The van der Waals surface area contributed by atoms with Crippen LogP contribution >= 0.6 is 0 Å². The number of esters is 1. The van der Waals surface area contributed by atoms with Crippen LogP contribution in [-0.2, 0) is 23.9 Å². The number of benzene rings is 1. The normalized spacial score (nSPS) is 27.2. The molecule has 3 aliphatic carbocycles. The maximum atomic E-state index is 13.4. The zero-order valence-electron chi connectivity index (χ0n) is 17.6. The van der Waals surface area contributed by atoms with E-state index in [0.717, 1.165) is 11.1 Å². The summed E-state index contributed by atoms with van der Waals surface area (Å²) >= 11 is 0. The molecule has 0 aromatic heterocycles. The average molecular weight is 406 g/mol. The smallest absolute Gasteiger partial charge is 0.314 e. The van der Waals surface area contributed by atoms with E-state index in [1.54, 1.807) is 12.2 Å². The number of rotatable bonds is 2. The minimum absolute atomic E-state index is 0.00792. The van der Waals surface area contributed by atoms with Crippen LogP contribution in [0.15, 0.2) is 48.1 Å². The van der Waals surface area contributed by atoms with Gasteiger partial charge in [0.1, 0.15) is 17.0 Å². The standard InChI is InChI=1S/C25H26O5/c1-24(2)13-20(27)25(21(28)14-24)12-16-11-19(26)22(15-7-5-4-6-8-15)17(16)9-10-18(25)23(29)30-3/h4-10,16,18H,11-14H2,1-3H3. The van der Waals surface area contributed by atoms with E-state index in [4.69, 9.17) is 4.74 Å². The second kappa shape index (κ2) is 7.15. The Labute approximate surface area is 176 Å². The van der Waals surface area contributed by atoms with Gasteiger partial charge < -0.3 is 4.74 Å². The molecule has 30 heavy (non-hydrogen) atoms. The lowest BCUT2D eigenvalue weighted by atomic mass is 9.56. The topological polar surface area (TPSA) is 77.5 Å². The fourth-order valence-electron chi connectivity index (χ4n) is 5.40. The molecule has 3 aliphatic rings. The summed E-state index contributed by atoms with van der Waals surface area (Å²) in [5, 5.41) is 0. The molecule has 2 unspecified atom stereocenters. The Kier molecular flexibility index (Phi) is 4.88. The molecule has 0 radical (unpaired) electrons. The minimum Gasteiger partial charge on any atom is -0.469 e. The number of carbonyl (C=O) groups excluding carboxylic acids is 4. The number of ketones is 3. The van der Waals surface area contributed by atoms with Gasteiger partial charge in [-0.15, -0.1) is 0 Å². The lowest BCUT2D eigenvalue weighted by molar-refractivity contribution is -0.163. The minimum atomic E-state index is -1.46. The summed E-state index contributed by atoms with van der Waals surface area (Å²) in [4.78, 5) is 52.5. The number of allylic oxidation sites excluding steroid dienone is 3. The van der Waals surface area contributed by atoms with Gasteiger partial charge in [0.15, 0.2) is 5.78 Å². The highest BCUT2D eigenvalue weighted by molar-refractivity contribution is 6.25. The monoisotopic (exact) mass is 406 g/mol. The van der Waals surface area contributed by atoms with Crippen molar-refractivity contribution in [2.45, 2.75) is 39.5 Å². The molecule has 2 atom stereocenters. The van der Waals surface area contributed by atoms with Gasteiger partial charge in [-0.3, -0.25) is 19.2 Å². The SMILES string of the molecule is COC(=O)C1C=CC2=C(c3ccccc3)C(=O)CC2CC12C(=O)CC(C)(C)CC2=O. The quantitative estimate of drug-likeness (QED) is 0.553. The molecule has 156 valence electrons. The lowest BCUT2D eigenvalue weighted by Crippen LogP contribution is -2.54. The third kappa shape index (κ3) is 3.08. The molecule has 0 aliphatic heterocycles. The van der Waals surface area contributed by atoms with Crippen molar-refractivity contribution >= 4 is 28.9 Å². The van der Waals surface area contributed by atoms with Crippen molar-refractivity contribution in [2.24, 2.45) is 22.7 Å². The van der Waals surface area contributed by atoms with Crippen LogP contribution in [0.2, 0.25) is 0 Å². The van der Waals surface area contributed by atoms with Crippen LogP contribution in [-0.4, -0.2) is 30.4 Å². The van der Waals surface area contributed by atoms with Crippen LogP contribution in [0.5, 0.6) is 0 Å². The van der Waals surface area contributed by atoms with Crippen molar-refractivity contribution in [3.8, 4) is 0 Å². The summed E-state index contributed by atoms with van der Waals surface area (Å²) < 4.78 is 5.00. The molecule has 1 aromatic rings. The second-order valence-electron chi connectivity index (χ2n) is 9.42. The first-order chi connectivity index (χ1) is 14.2. The van der Waals surface area contributed by atoms with Crippen LogP contribution in [0.1, 0.15) is 45.1 Å². The molecule has 5 nitrogen and oxygen atoms in total. The predicted molar refractivity (Wildman–Crippen MR) is 111 cm³/mol. The molecule has 0 bridgehead atoms. The summed E-state index contributed by atoms with van der Waals surface area (Å²) in [5.41, 5.74) is 0.349. The molecule has 0 N–H and O–H groups in total. The molecule has 5 heteroatoms. The first-order valence-electron chi connectivity index (χ1n) is 10.3. The maximum Gasteiger partial charge on any atom is 0.314 e. The number of ether oxygens (including phenoxy) is 1. The van der Waals surface area contributed by atoms with E-state index < -0.39 is 22.7 Å². The second-order valence-corrected chi connectivity index (χ2v) is 9.42. The van der Waals surface area contributed by atoms with Gasteiger partial charge in [0, 0.05) is 24.8 Å². The molecule has 0 amide bonds. The van der Waals surface area contributed by atoms with E-state index >= 15 is 0 Å². The van der Waals surface area contributed by atoms with Crippen LogP contribution < -0.4 is 0 Å². The maximum absolute atomic E-state index is 13.4. The Morgan fingerprint density at radius 3 is 2.27 bits per heavy atom. The number of carbonyl (C=O) groups is 4. The Bertz CT molecular complexity index is 976. The van der Waals surface area contributed by atoms with E-state index in [1.807, 2.05) is 44.2 Å². The summed E-state index contributed by atoms with van der Waals surface area (Å²) in [6.45, 7) is 3.79. The van der Waals surface area contributed by atoms with Crippen molar-refractivity contribution in [2.75, 3.05) is 7.11 Å². The van der Waals surface area contributed by atoms with Gasteiger partial charge in [0.2, 0.25) is 0 Å². The van der Waals surface area contributed by atoms with Gasteiger partial charge in [-0.2, -0.15) is 0 Å². The van der Waals surface area contributed by atoms with Crippen LogP contribution in [0.4, 0.5) is 0 Å². The van der Waals surface area contributed by atoms with Crippen LogP contribution in [0.25, 0.3) is 5.57 Å². The predicted octanol–water partition coefficient (Wildman–Crippen LogP) is 3.72. The third-order valence-corrected chi connectivity index (χ3v) is 6.80. The van der Waals surface area contributed by atoms with Crippen molar-refractivity contribution in [3.05, 3.63) is 53.6 Å². The first-order valence-corrected chi connectivity index (χ1v) is 10.3. The zero-order chi connectivity index (χ0) is 21.7. The van der Waals surface area contributed by atoms with E-state index in [0.29, 0.717) is 5.57 Å². The molecule has 0 heterocycles. The van der Waals surface area contributed by atoms with Gasteiger partial charge in [0.05, 0.1) is 13.0 Å². The molecule has 1 fully saturated rings. The Morgan fingerprint density at radius 2 is 1.67 bits per heavy atom. The fraction of sp³-hybridized carbons (Fsp3) is 0.440. The summed E-state index contributed by atoms with van der Waals surface area (Å²) in [6.07, 6.45) is 4.26. The van der Waals surface area contributed by atoms with Gasteiger partial charge in [-0.05, 0) is 28.9 Å². The lowest BCUT2D eigenvalue weighted by Gasteiger charge is -2.43. The van der Waals surface area contributed by atoms with Crippen molar-refractivity contribution < 1.29 is 23.9 Å². The molecule has 0 saturated heterocycles. The number of methoxy groups -OCH3 is 1. The largest absolute Gasteiger partial charge is 0.469 e. The molecule has 4 rings (SSSR count). The van der Waals surface area contributed by atoms with Gasteiger partial charge in [-0.1, -0.05) is 56.3 Å². The van der Waals surface area contributed by atoms with Gasteiger partial charge in [-0.25, -0.2) is 0 Å². The van der Waals surface area contributed by atoms with E-state index in [1.165, 1.54) is 7.11 Å². The molecular weight excluding hydrogens is 380 g/mol. The Balaban J connectivity index is 1.87. The third-order valence-electron chi connectivity index (χ3n) is 6.80. The number of hydrogen-bond acceptors (Lipinski definition) is 5. The Morgan fingerprint density at radius 1 is 1.03 bits per heavy atom. The van der Waals surface area contributed by atoms with Gasteiger partial charge in [0.25, 0.3) is 0 Å². The van der Waals surface area contributed by atoms with Gasteiger partial charge >= 0.3 is 5.97 Å². The average Bonchev–Trinajstić information content (AvgIpc) is 2.89. The Hall–Kier alpha value is -2.82. The van der Waals surface area contributed by atoms with Crippen LogP contribution in [0.3, 0.4) is 0 Å². The summed E-state index contributed by atoms with van der Waals surface area (Å²) in [5.74, 6) is -2.25. The van der Waals surface area contributed by atoms with Crippen molar-refractivity contribution in [1.29, 1.82) is 0 Å². The fourth-order valence-corrected chi connectivity index (χ4v) is 5.40. The zero-order valence-corrected chi connectivity index (χ0v) is 17.6. The van der Waals surface area contributed by atoms with Crippen molar-refractivity contribution in [3.63, 3.8) is 0 Å². The van der Waals surface area contributed by atoms with E-state index in [9.17, 15) is 19.2 Å². The van der Waals surface area contributed by atoms with Crippen molar-refractivity contribution in [1.82, 2.24) is 0 Å². The van der Waals surface area contributed by atoms with E-state index in [2.05, 4.69) is 0 Å². The molecular formula is C25H26O5. The van der Waals surface area contributed by atoms with E-state index in [-0.39, 0.29) is 49.0 Å². The number of hydrogen-bond donors (Lipinski definition) is 0. The highest BCUT2D eigenvalue weighted by Gasteiger charge is 2.60. The highest BCUT2D eigenvalue weighted by Crippen LogP contribution is 2.53.